The van der Waals surface area contributed by atoms with E-state index in [0.29, 0.717) is 17.7 Å². The van der Waals surface area contributed by atoms with E-state index in [2.05, 4.69) is 5.32 Å². The molecule has 1 N–H and O–H groups in total. The van der Waals surface area contributed by atoms with Crippen LogP contribution < -0.4 is 25.0 Å². The fraction of sp³-hybridized carbons (Fsp3) is 0.192. The molecule has 0 aliphatic carbocycles. The number of methoxy groups -OCH3 is 3. The first-order valence-electron chi connectivity index (χ1n) is 10.3. The molecule has 0 spiro atoms. The van der Waals surface area contributed by atoms with Gasteiger partial charge in [0.25, 0.3) is 0 Å². The summed E-state index contributed by atoms with van der Waals surface area (Å²) in [5.74, 6) is 2.25. The van der Waals surface area contributed by atoms with Crippen LogP contribution in [0.3, 0.4) is 0 Å². The highest BCUT2D eigenvalue weighted by Crippen LogP contribution is 2.31. The van der Waals surface area contributed by atoms with Crippen molar-refractivity contribution in [3.63, 3.8) is 0 Å². The molecule has 0 unspecified atom stereocenters. The maximum absolute atomic E-state index is 13.2. The first kappa shape index (κ1) is 21.3. The van der Waals surface area contributed by atoms with E-state index in [0.717, 1.165) is 39.5 Å². The Morgan fingerprint density at radius 2 is 1.38 bits per heavy atom. The van der Waals surface area contributed by atoms with Crippen LogP contribution in [0.1, 0.15) is 5.56 Å². The number of nitrogens with zero attached hydrogens (tertiary/aromatic N) is 1. The molecule has 32 heavy (non-hydrogen) atoms. The van der Waals surface area contributed by atoms with Crippen LogP contribution in [0.25, 0.3) is 22.2 Å². The van der Waals surface area contributed by atoms with Gasteiger partial charge in [0.2, 0.25) is 0 Å². The van der Waals surface area contributed by atoms with E-state index in [1.54, 1.807) is 27.4 Å². The number of hydrogen-bond donors (Lipinski definition) is 1. The summed E-state index contributed by atoms with van der Waals surface area (Å²) in [5.41, 5.74) is 4.30. The molecule has 4 aromatic rings. The molecule has 0 radical (unpaired) electrons. The van der Waals surface area contributed by atoms with Crippen LogP contribution in [0.15, 0.2) is 71.5 Å². The van der Waals surface area contributed by atoms with Crippen molar-refractivity contribution in [1.29, 1.82) is 0 Å². The van der Waals surface area contributed by atoms with Gasteiger partial charge in [0.1, 0.15) is 17.2 Å². The van der Waals surface area contributed by atoms with Gasteiger partial charge in [-0.25, -0.2) is 0 Å². The Kier molecular flexibility index (Phi) is 6.03. The summed E-state index contributed by atoms with van der Waals surface area (Å²) >= 11 is 0. The van der Waals surface area contributed by atoms with Gasteiger partial charge in [-0.15, -0.1) is 0 Å². The first-order chi connectivity index (χ1) is 15.5. The van der Waals surface area contributed by atoms with Crippen LogP contribution in [-0.2, 0) is 13.6 Å². The predicted molar refractivity (Wildman–Crippen MR) is 128 cm³/mol. The molecule has 0 aliphatic heterocycles. The summed E-state index contributed by atoms with van der Waals surface area (Å²) in [6, 6.07) is 20.9. The monoisotopic (exact) mass is 430 g/mol. The van der Waals surface area contributed by atoms with Gasteiger partial charge in [-0.3, -0.25) is 4.79 Å². The number of benzene rings is 3. The lowest BCUT2D eigenvalue weighted by Gasteiger charge is -2.17. The molecule has 0 saturated carbocycles. The molecule has 164 valence electrons. The van der Waals surface area contributed by atoms with Gasteiger partial charge in [-0.2, -0.15) is 0 Å². The molecular formula is C26H26N2O4. The predicted octanol–water partition coefficient (Wildman–Crippen LogP) is 4.84. The average molecular weight is 431 g/mol. The molecule has 0 amide bonds. The Morgan fingerprint density at radius 1 is 0.781 bits per heavy atom. The number of pyridine rings is 1. The number of aromatic nitrogens is 1. The van der Waals surface area contributed by atoms with Crippen LogP contribution in [0.5, 0.6) is 17.2 Å². The third kappa shape index (κ3) is 4.12. The van der Waals surface area contributed by atoms with E-state index >= 15 is 0 Å². The van der Waals surface area contributed by atoms with Crippen molar-refractivity contribution in [2.75, 3.05) is 26.6 Å². The molecule has 6 heteroatoms. The summed E-state index contributed by atoms with van der Waals surface area (Å²) in [7, 11) is 6.85. The zero-order valence-corrected chi connectivity index (χ0v) is 18.6. The fourth-order valence-electron chi connectivity index (χ4n) is 3.78. The van der Waals surface area contributed by atoms with Crippen LogP contribution in [0.2, 0.25) is 0 Å². The van der Waals surface area contributed by atoms with Crippen molar-refractivity contribution in [2.45, 2.75) is 6.54 Å². The molecule has 0 saturated heterocycles. The summed E-state index contributed by atoms with van der Waals surface area (Å²) in [4.78, 5) is 13.2. The zero-order valence-electron chi connectivity index (χ0n) is 18.6. The van der Waals surface area contributed by atoms with Gasteiger partial charge < -0.3 is 24.1 Å². The second-order valence-electron chi connectivity index (χ2n) is 7.45. The Balaban J connectivity index is 1.77. The van der Waals surface area contributed by atoms with Gasteiger partial charge in [-0.05, 0) is 47.5 Å². The summed E-state index contributed by atoms with van der Waals surface area (Å²) in [6.07, 6.45) is 0. The smallest absolute Gasteiger partial charge is 0.192 e. The van der Waals surface area contributed by atoms with E-state index < -0.39 is 0 Å². The van der Waals surface area contributed by atoms with Crippen molar-refractivity contribution in [1.82, 2.24) is 4.57 Å². The van der Waals surface area contributed by atoms with Gasteiger partial charge >= 0.3 is 0 Å². The van der Waals surface area contributed by atoms with Crippen molar-refractivity contribution < 1.29 is 14.2 Å². The van der Waals surface area contributed by atoms with Crippen LogP contribution in [-0.4, -0.2) is 25.9 Å². The van der Waals surface area contributed by atoms with Crippen molar-refractivity contribution in [2.24, 2.45) is 7.05 Å². The van der Waals surface area contributed by atoms with Gasteiger partial charge in [0, 0.05) is 31.8 Å². The van der Waals surface area contributed by atoms with Gasteiger partial charge in [-0.1, -0.05) is 12.1 Å². The summed E-state index contributed by atoms with van der Waals surface area (Å²) in [6.45, 7) is 0.565. The lowest BCUT2D eigenvalue weighted by atomic mass is 10.1. The van der Waals surface area contributed by atoms with Gasteiger partial charge in [0.05, 0.1) is 43.6 Å². The number of nitrogens with one attached hydrogen (secondary N) is 1. The number of aryl methyl sites for hydroxylation is 1. The van der Waals surface area contributed by atoms with Crippen molar-refractivity contribution >= 4 is 16.6 Å². The minimum Gasteiger partial charge on any atom is -0.497 e. The minimum absolute atomic E-state index is 0.0520. The standard InChI is InChI=1S/C26H26N2O4/c1-28-23(18-7-11-20(31-3)12-8-18)15-25(29)26-22(13-21(32-4)14-24(26)28)27-16-17-5-9-19(30-2)10-6-17/h5-15,27H,16H2,1-4H3. The van der Waals surface area contributed by atoms with E-state index in [9.17, 15) is 4.79 Å². The van der Waals surface area contributed by atoms with E-state index in [1.807, 2.05) is 72.3 Å². The topological polar surface area (TPSA) is 61.7 Å². The highest BCUT2D eigenvalue weighted by Gasteiger charge is 2.14. The second-order valence-corrected chi connectivity index (χ2v) is 7.45. The summed E-state index contributed by atoms with van der Waals surface area (Å²) < 4.78 is 18.0. The van der Waals surface area contributed by atoms with E-state index in [1.165, 1.54) is 0 Å². The third-order valence-corrected chi connectivity index (χ3v) is 5.59. The lowest BCUT2D eigenvalue weighted by Crippen LogP contribution is -2.12. The van der Waals surface area contributed by atoms with Crippen LogP contribution >= 0.6 is 0 Å². The number of fused-ring (bicyclic) bond motifs is 1. The molecule has 4 rings (SSSR count). The number of ether oxygens (including phenoxy) is 3. The van der Waals surface area contributed by atoms with E-state index in [4.69, 9.17) is 14.2 Å². The average Bonchev–Trinajstić information content (AvgIpc) is 2.84. The zero-order chi connectivity index (χ0) is 22.7. The third-order valence-electron chi connectivity index (χ3n) is 5.59. The molecule has 1 aromatic heterocycles. The van der Waals surface area contributed by atoms with Crippen molar-refractivity contribution in [3.8, 4) is 28.5 Å². The van der Waals surface area contributed by atoms with Gasteiger partial charge in [0.15, 0.2) is 5.43 Å². The normalized spacial score (nSPS) is 10.8. The molecule has 6 nitrogen and oxygen atoms in total. The quantitative estimate of drug-likeness (QED) is 0.454. The molecule has 0 bridgehead atoms. The molecular weight excluding hydrogens is 404 g/mol. The molecule has 0 atom stereocenters. The minimum atomic E-state index is -0.0520. The van der Waals surface area contributed by atoms with Crippen LogP contribution in [0, 0.1) is 0 Å². The molecule has 0 aliphatic rings. The van der Waals surface area contributed by atoms with Crippen molar-refractivity contribution in [3.05, 3.63) is 82.5 Å². The summed E-state index contributed by atoms with van der Waals surface area (Å²) in [5, 5.41) is 4.03. The fourth-order valence-corrected chi connectivity index (χ4v) is 3.78. The number of rotatable bonds is 7. The largest absolute Gasteiger partial charge is 0.497 e. The Hall–Kier alpha value is -3.93. The SMILES string of the molecule is COc1ccc(CNc2cc(OC)cc3c2c(=O)cc(-c2ccc(OC)cc2)n3C)cc1. The first-order valence-corrected chi connectivity index (χ1v) is 10.3. The Bertz CT molecular complexity index is 1290. The maximum atomic E-state index is 13.2. The molecule has 0 fully saturated rings. The van der Waals surface area contributed by atoms with Crippen LogP contribution in [0.4, 0.5) is 5.69 Å². The molecule has 1 heterocycles. The highest BCUT2D eigenvalue weighted by atomic mass is 16.5. The Morgan fingerprint density at radius 3 is 1.97 bits per heavy atom. The molecule has 3 aromatic carbocycles. The van der Waals surface area contributed by atoms with E-state index in [-0.39, 0.29) is 5.43 Å². The lowest BCUT2D eigenvalue weighted by molar-refractivity contribution is 0.414. The Labute approximate surface area is 187 Å². The second kappa shape index (κ2) is 9.06. The maximum Gasteiger partial charge on any atom is 0.192 e. The number of anilines is 1. The number of hydrogen-bond acceptors (Lipinski definition) is 5. The highest BCUT2D eigenvalue weighted by molar-refractivity contribution is 5.94.